The summed E-state index contributed by atoms with van der Waals surface area (Å²) in [6.07, 6.45) is 0. The van der Waals surface area contributed by atoms with Crippen LogP contribution in [-0.2, 0) is 21.4 Å². The fourth-order valence-corrected chi connectivity index (χ4v) is 4.25. The minimum atomic E-state index is -2.72. The van der Waals surface area contributed by atoms with E-state index in [2.05, 4.69) is 0 Å². The predicted octanol–water partition coefficient (Wildman–Crippen LogP) is 2.90. The molecule has 7 nitrogen and oxygen atoms in total. The van der Waals surface area contributed by atoms with Crippen molar-refractivity contribution in [2.75, 3.05) is 0 Å². The third-order valence-corrected chi connectivity index (χ3v) is 5.64. The van der Waals surface area contributed by atoms with Gasteiger partial charge in [0.2, 0.25) is 0 Å². The Morgan fingerprint density at radius 3 is 2.46 bits per heavy atom. The lowest BCUT2D eigenvalue weighted by Crippen LogP contribution is -2.33. The van der Waals surface area contributed by atoms with Gasteiger partial charge in [-0.15, -0.1) is 0 Å². The summed E-state index contributed by atoms with van der Waals surface area (Å²) in [4.78, 5) is 12.3. The maximum absolute atomic E-state index is 12.6. The van der Waals surface area contributed by atoms with E-state index in [-0.39, 0.29) is 27.7 Å². The first kappa shape index (κ1) is 16.8. The van der Waals surface area contributed by atoms with Crippen LogP contribution in [0.1, 0.15) is 27.0 Å². The zero-order chi connectivity index (χ0) is 19.6. The van der Waals surface area contributed by atoms with Crippen LogP contribution in [0.2, 0.25) is 0 Å². The Labute approximate surface area is 161 Å². The van der Waals surface area contributed by atoms with Crippen LogP contribution in [-0.4, -0.2) is 24.9 Å². The molecule has 0 bridgehead atoms. The number of carbonyl (C=O) groups is 1. The van der Waals surface area contributed by atoms with E-state index in [1.807, 2.05) is 0 Å². The van der Waals surface area contributed by atoms with Crippen molar-refractivity contribution in [3.63, 3.8) is 0 Å². The highest BCUT2D eigenvalue weighted by Crippen LogP contribution is 2.57. The van der Waals surface area contributed by atoms with Gasteiger partial charge in [0.1, 0.15) is 23.0 Å². The lowest BCUT2D eigenvalue weighted by Gasteiger charge is -2.37. The second kappa shape index (κ2) is 5.57. The zero-order valence-electron chi connectivity index (χ0n) is 14.0. The molecule has 28 heavy (non-hydrogen) atoms. The van der Waals surface area contributed by atoms with E-state index in [1.165, 1.54) is 18.2 Å². The fourth-order valence-electron chi connectivity index (χ4n) is 3.81. The molecule has 2 atom stereocenters. The normalized spacial score (nSPS) is 20.0. The Hall–Kier alpha value is -3.36. The molecule has 2 N–H and O–H groups in total. The molecule has 140 valence electrons. The number of phenolic OH excluding ortho intramolecular Hbond substituents is 2. The van der Waals surface area contributed by atoms with Gasteiger partial charge >= 0.3 is 5.97 Å². The first-order valence-electron chi connectivity index (χ1n) is 8.23. The average Bonchev–Trinajstić information content (AvgIpc) is 2.95. The lowest BCUT2D eigenvalue weighted by atomic mass is 9.77. The summed E-state index contributed by atoms with van der Waals surface area (Å²) < 4.78 is 34.8. The Bertz CT molecular complexity index is 1200. The standard InChI is InChI=1S/C20H12O7S/c21-10-5-6-13-16(7-10)26-17-9-15(22)18(28(24)25)8-14(17)20(13)12-4-2-1-3-11(12)19(23)27-20/h1-9,21-22H,(H,24,25)/p-1. The van der Waals surface area contributed by atoms with Crippen LogP contribution in [0, 0.1) is 0 Å². The number of rotatable bonds is 1. The van der Waals surface area contributed by atoms with Gasteiger partial charge in [-0.25, -0.2) is 4.79 Å². The molecule has 0 aliphatic carbocycles. The first-order chi connectivity index (χ1) is 13.4. The summed E-state index contributed by atoms with van der Waals surface area (Å²) in [6.45, 7) is 0. The van der Waals surface area contributed by atoms with Gasteiger partial charge in [-0.3, -0.25) is 4.21 Å². The summed E-state index contributed by atoms with van der Waals surface area (Å²) in [5.41, 5.74) is 0.0917. The van der Waals surface area contributed by atoms with Gasteiger partial charge in [0.05, 0.1) is 10.5 Å². The van der Waals surface area contributed by atoms with Crippen molar-refractivity contribution in [1.29, 1.82) is 0 Å². The molecule has 2 heterocycles. The topological polar surface area (TPSA) is 116 Å². The fraction of sp³-hybridized carbons (Fsp3) is 0.0500. The molecule has 0 radical (unpaired) electrons. The molecule has 0 saturated heterocycles. The van der Waals surface area contributed by atoms with E-state index < -0.39 is 28.4 Å². The minimum Gasteiger partial charge on any atom is -0.768 e. The second-order valence-electron chi connectivity index (χ2n) is 6.45. The van der Waals surface area contributed by atoms with Crippen molar-refractivity contribution < 1.29 is 33.2 Å². The van der Waals surface area contributed by atoms with Gasteiger partial charge < -0.3 is 24.2 Å². The van der Waals surface area contributed by atoms with Crippen LogP contribution >= 0.6 is 0 Å². The van der Waals surface area contributed by atoms with Gasteiger partial charge in [0.25, 0.3) is 0 Å². The summed E-state index contributed by atoms with van der Waals surface area (Å²) in [6, 6.07) is 13.5. The monoisotopic (exact) mass is 395 g/mol. The SMILES string of the molecule is O=C1OC2(c3ccc(O)cc3Oc3cc(O)c(S(=O)[O-])cc32)c2ccccc21. The number of hydrogen-bond acceptors (Lipinski definition) is 7. The predicted molar refractivity (Wildman–Crippen MR) is 95.2 cm³/mol. The Kier molecular flexibility index (Phi) is 3.34. The largest absolute Gasteiger partial charge is 0.768 e. The molecule has 0 aromatic heterocycles. The van der Waals surface area contributed by atoms with Crippen LogP contribution < -0.4 is 4.74 Å². The van der Waals surface area contributed by atoms with Crippen molar-refractivity contribution in [2.45, 2.75) is 10.5 Å². The van der Waals surface area contributed by atoms with Gasteiger partial charge in [-0.2, -0.15) is 0 Å². The van der Waals surface area contributed by atoms with Crippen molar-refractivity contribution in [3.05, 3.63) is 76.9 Å². The number of hydrogen-bond donors (Lipinski definition) is 2. The van der Waals surface area contributed by atoms with Crippen molar-refractivity contribution >= 4 is 17.0 Å². The lowest BCUT2D eigenvalue weighted by molar-refractivity contribution is 0.0223. The third kappa shape index (κ3) is 2.07. The number of carbonyl (C=O) groups excluding carboxylic acids is 1. The third-order valence-electron chi connectivity index (χ3n) is 4.96. The van der Waals surface area contributed by atoms with Gasteiger partial charge in [-0.1, -0.05) is 18.2 Å². The molecule has 0 fully saturated rings. The highest BCUT2D eigenvalue weighted by molar-refractivity contribution is 7.79. The molecule has 5 rings (SSSR count). The van der Waals surface area contributed by atoms with Crippen molar-refractivity contribution in [2.24, 2.45) is 0 Å². The highest BCUT2D eigenvalue weighted by Gasteiger charge is 2.53. The number of phenols is 2. The van der Waals surface area contributed by atoms with Crippen LogP contribution in [0.5, 0.6) is 23.0 Å². The smallest absolute Gasteiger partial charge is 0.340 e. The average molecular weight is 395 g/mol. The van der Waals surface area contributed by atoms with Gasteiger partial charge in [0.15, 0.2) is 5.60 Å². The van der Waals surface area contributed by atoms with Gasteiger partial charge in [-0.05, 0) is 35.3 Å². The molecule has 0 amide bonds. The van der Waals surface area contributed by atoms with E-state index in [1.54, 1.807) is 30.3 Å². The van der Waals surface area contributed by atoms with E-state index in [0.29, 0.717) is 16.7 Å². The van der Waals surface area contributed by atoms with E-state index in [9.17, 15) is 23.8 Å². The highest BCUT2D eigenvalue weighted by atomic mass is 32.2. The quantitative estimate of drug-likeness (QED) is 0.481. The van der Waals surface area contributed by atoms with Crippen LogP contribution in [0.25, 0.3) is 0 Å². The molecule has 2 aliphatic heterocycles. The van der Waals surface area contributed by atoms with Crippen LogP contribution in [0.4, 0.5) is 0 Å². The van der Waals surface area contributed by atoms with Crippen LogP contribution in [0.15, 0.2) is 59.5 Å². The number of benzene rings is 3. The first-order valence-corrected chi connectivity index (χ1v) is 9.30. The summed E-state index contributed by atoms with van der Waals surface area (Å²) in [7, 11) is 0. The maximum atomic E-state index is 12.6. The Balaban J connectivity index is 1.92. The summed E-state index contributed by atoms with van der Waals surface area (Å²) >= 11 is -2.72. The number of esters is 1. The molecule has 3 aromatic rings. The molecule has 2 aliphatic rings. The van der Waals surface area contributed by atoms with Gasteiger partial charge in [0, 0.05) is 28.8 Å². The molecule has 2 unspecified atom stereocenters. The Morgan fingerprint density at radius 1 is 0.929 bits per heavy atom. The molecular weight excluding hydrogens is 384 g/mol. The van der Waals surface area contributed by atoms with E-state index in [4.69, 9.17) is 9.47 Å². The molecule has 3 aromatic carbocycles. The number of fused-ring (bicyclic) bond motifs is 6. The maximum Gasteiger partial charge on any atom is 0.340 e. The second-order valence-corrected chi connectivity index (χ2v) is 7.36. The number of aromatic hydroxyl groups is 2. The molecule has 1 spiro atoms. The zero-order valence-corrected chi connectivity index (χ0v) is 14.9. The summed E-state index contributed by atoms with van der Waals surface area (Å²) in [5.74, 6) is -0.776. The van der Waals surface area contributed by atoms with Crippen LogP contribution in [0.3, 0.4) is 0 Å². The molecule has 8 heteroatoms. The van der Waals surface area contributed by atoms with E-state index in [0.717, 1.165) is 6.07 Å². The molecule has 0 saturated carbocycles. The molecular formula is C20H11O7S-. The minimum absolute atomic E-state index is 0.0588. The Morgan fingerprint density at radius 2 is 1.68 bits per heavy atom. The van der Waals surface area contributed by atoms with Crippen molar-refractivity contribution in [1.82, 2.24) is 0 Å². The van der Waals surface area contributed by atoms with Crippen molar-refractivity contribution in [3.8, 4) is 23.0 Å². The summed E-state index contributed by atoms with van der Waals surface area (Å²) in [5, 5.41) is 20.0. The van der Waals surface area contributed by atoms with E-state index >= 15 is 0 Å². The number of ether oxygens (including phenoxy) is 2.